The third-order valence-corrected chi connectivity index (χ3v) is 1.15. The van der Waals surface area contributed by atoms with Crippen molar-refractivity contribution in [2.24, 2.45) is 5.11 Å². The maximum atomic E-state index is 7.96. The van der Waals surface area contributed by atoms with Crippen LogP contribution in [0.2, 0.25) is 0 Å². The molecule has 0 radical (unpaired) electrons. The van der Waals surface area contributed by atoms with E-state index in [9.17, 15) is 0 Å². The minimum Gasteiger partial charge on any atom is -0.312 e. The molecule has 0 aliphatic heterocycles. The van der Waals surface area contributed by atoms with E-state index >= 15 is 0 Å². The zero-order valence-electron chi connectivity index (χ0n) is 7.46. The Morgan fingerprint density at radius 1 is 1.45 bits per heavy atom. The van der Waals surface area contributed by atoms with Gasteiger partial charge in [0.25, 0.3) is 0 Å². The highest BCUT2D eigenvalue weighted by Crippen LogP contribution is 1.97. The van der Waals surface area contributed by atoms with E-state index in [4.69, 9.17) is 5.53 Å². The first-order valence-electron chi connectivity index (χ1n) is 3.82. The summed E-state index contributed by atoms with van der Waals surface area (Å²) in [4.78, 5) is 2.67. The Balaban J connectivity index is 3.21. The highest BCUT2D eigenvalue weighted by atomic mass is 15.1. The highest BCUT2D eigenvalue weighted by molar-refractivity contribution is 4.69. The van der Waals surface area contributed by atoms with E-state index < -0.39 is 0 Å². The highest BCUT2D eigenvalue weighted by Gasteiger charge is 2.06. The summed E-state index contributed by atoms with van der Waals surface area (Å²) >= 11 is 0. The minimum atomic E-state index is 0.163. The van der Waals surface area contributed by atoms with Gasteiger partial charge in [-0.2, -0.15) is 0 Å². The molecule has 0 aromatic carbocycles. The Bertz CT molecular complexity index is 141. The molecule has 0 fully saturated rings. The van der Waals surface area contributed by atoms with Gasteiger partial charge in [-0.3, -0.25) is 0 Å². The normalized spacial score (nSPS) is 10.8. The van der Waals surface area contributed by atoms with E-state index in [1.54, 1.807) is 0 Å². The first kappa shape index (κ1) is 10.3. The van der Waals surface area contributed by atoms with Crippen molar-refractivity contribution < 1.29 is 0 Å². The number of azide groups is 1. The van der Waals surface area contributed by atoms with E-state index in [0.29, 0.717) is 6.54 Å². The van der Waals surface area contributed by atoms with Gasteiger partial charge in [0, 0.05) is 17.0 Å². The molecular weight excluding hydrogens is 140 g/mol. The molecule has 0 spiro atoms. The molecular formula is C7H16N4. The van der Waals surface area contributed by atoms with Gasteiger partial charge in [-0.15, -0.1) is 0 Å². The Kier molecular flexibility index (Phi) is 4.66. The van der Waals surface area contributed by atoms with Crippen LogP contribution in [0.5, 0.6) is 0 Å². The van der Waals surface area contributed by atoms with Crippen LogP contribution in [0.15, 0.2) is 5.11 Å². The fourth-order valence-electron chi connectivity index (χ4n) is 0.658. The lowest BCUT2D eigenvalue weighted by Crippen LogP contribution is -2.36. The molecule has 4 heteroatoms. The Morgan fingerprint density at radius 2 is 2.09 bits per heavy atom. The predicted octanol–water partition coefficient (Wildman–Crippen LogP) is 2.07. The van der Waals surface area contributed by atoms with Crippen LogP contribution in [-0.4, -0.2) is 18.6 Å². The van der Waals surface area contributed by atoms with Gasteiger partial charge in [-0.25, -0.2) is 0 Å². The molecule has 0 amide bonds. The van der Waals surface area contributed by atoms with Crippen molar-refractivity contribution in [1.82, 2.24) is 5.32 Å². The maximum Gasteiger partial charge on any atom is 0.0269 e. The molecule has 4 nitrogen and oxygen atoms in total. The first-order valence-corrected chi connectivity index (χ1v) is 3.82. The fourth-order valence-corrected chi connectivity index (χ4v) is 0.658. The van der Waals surface area contributed by atoms with Crippen LogP contribution in [0.4, 0.5) is 0 Å². The second-order valence-corrected chi connectivity index (χ2v) is 3.48. The second-order valence-electron chi connectivity index (χ2n) is 3.48. The molecule has 0 bridgehead atoms. The van der Waals surface area contributed by atoms with Gasteiger partial charge in [0.1, 0.15) is 0 Å². The van der Waals surface area contributed by atoms with E-state index in [0.717, 1.165) is 13.0 Å². The molecule has 0 aromatic heterocycles. The Hall–Kier alpha value is -0.730. The summed E-state index contributed by atoms with van der Waals surface area (Å²) in [5.41, 5.74) is 8.13. The molecule has 0 aliphatic rings. The molecule has 0 aromatic rings. The summed E-state index contributed by atoms with van der Waals surface area (Å²) in [5.74, 6) is 0. The van der Waals surface area contributed by atoms with Gasteiger partial charge in [-0.1, -0.05) is 5.11 Å². The third-order valence-electron chi connectivity index (χ3n) is 1.15. The minimum absolute atomic E-state index is 0.163. The number of rotatable bonds is 4. The maximum absolute atomic E-state index is 7.96. The first-order chi connectivity index (χ1) is 5.06. The zero-order valence-corrected chi connectivity index (χ0v) is 7.46. The molecule has 1 N–H and O–H groups in total. The standard InChI is InChI=1S/C7H16N4/c1-7(2,3)9-5-4-6-10-11-8/h9H,4-6H2,1-3H3. The van der Waals surface area contributed by atoms with Crippen molar-refractivity contribution in [2.45, 2.75) is 32.7 Å². The van der Waals surface area contributed by atoms with Crippen LogP contribution in [0, 0.1) is 0 Å². The van der Waals surface area contributed by atoms with E-state index in [1.165, 1.54) is 0 Å². The van der Waals surface area contributed by atoms with E-state index in [2.05, 4.69) is 36.1 Å². The molecule has 0 rings (SSSR count). The van der Waals surface area contributed by atoms with Crippen LogP contribution < -0.4 is 5.32 Å². The van der Waals surface area contributed by atoms with E-state index in [-0.39, 0.29) is 5.54 Å². The number of nitrogens with one attached hydrogen (secondary N) is 1. The van der Waals surface area contributed by atoms with E-state index in [1.807, 2.05) is 0 Å². The average molecular weight is 156 g/mol. The smallest absolute Gasteiger partial charge is 0.0269 e. The largest absolute Gasteiger partial charge is 0.312 e. The molecule has 0 saturated carbocycles. The number of hydrogen-bond acceptors (Lipinski definition) is 2. The lowest BCUT2D eigenvalue weighted by molar-refractivity contribution is 0.424. The van der Waals surface area contributed by atoms with Crippen LogP contribution in [0.3, 0.4) is 0 Å². The molecule has 0 saturated heterocycles. The topological polar surface area (TPSA) is 60.8 Å². The average Bonchev–Trinajstić information content (AvgIpc) is 1.85. The number of nitrogens with zero attached hydrogens (tertiary/aromatic N) is 3. The van der Waals surface area contributed by atoms with Gasteiger partial charge in [0.15, 0.2) is 0 Å². The zero-order chi connectivity index (χ0) is 8.74. The van der Waals surface area contributed by atoms with Crippen molar-refractivity contribution in [3.63, 3.8) is 0 Å². The van der Waals surface area contributed by atoms with Crippen molar-refractivity contribution in [1.29, 1.82) is 0 Å². The summed E-state index contributed by atoms with van der Waals surface area (Å²) in [6.07, 6.45) is 0.904. The summed E-state index contributed by atoms with van der Waals surface area (Å²) in [6, 6.07) is 0. The third kappa shape index (κ3) is 9.27. The number of hydrogen-bond donors (Lipinski definition) is 1. The van der Waals surface area contributed by atoms with Crippen LogP contribution in [0.1, 0.15) is 27.2 Å². The molecule has 0 aliphatic carbocycles. The van der Waals surface area contributed by atoms with Crippen molar-refractivity contribution in [3.8, 4) is 0 Å². The second kappa shape index (κ2) is 4.99. The van der Waals surface area contributed by atoms with Crippen molar-refractivity contribution >= 4 is 0 Å². The molecule has 0 unspecified atom stereocenters. The van der Waals surface area contributed by atoms with Crippen molar-refractivity contribution in [2.75, 3.05) is 13.1 Å². The van der Waals surface area contributed by atoms with Crippen LogP contribution >= 0.6 is 0 Å². The fraction of sp³-hybridized carbons (Fsp3) is 1.00. The molecule has 11 heavy (non-hydrogen) atoms. The lowest BCUT2D eigenvalue weighted by atomic mass is 10.1. The summed E-state index contributed by atoms with van der Waals surface area (Å²) in [5, 5.41) is 6.73. The van der Waals surface area contributed by atoms with Crippen LogP contribution in [0.25, 0.3) is 10.4 Å². The quantitative estimate of drug-likeness (QED) is 0.288. The molecule has 64 valence electrons. The summed E-state index contributed by atoms with van der Waals surface area (Å²) < 4.78 is 0. The lowest BCUT2D eigenvalue weighted by Gasteiger charge is -2.19. The molecule has 0 atom stereocenters. The van der Waals surface area contributed by atoms with Gasteiger partial charge in [-0.05, 0) is 39.3 Å². The summed E-state index contributed by atoms with van der Waals surface area (Å²) in [7, 11) is 0. The Morgan fingerprint density at radius 3 is 2.55 bits per heavy atom. The predicted molar refractivity (Wildman–Crippen MR) is 46.4 cm³/mol. The molecule has 0 heterocycles. The van der Waals surface area contributed by atoms with Crippen molar-refractivity contribution in [3.05, 3.63) is 10.4 Å². The Labute approximate surface area is 67.6 Å². The van der Waals surface area contributed by atoms with Gasteiger partial charge in [0.05, 0.1) is 0 Å². The van der Waals surface area contributed by atoms with Gasteiger partial charge < -0.3 is 5.32 Å². The van der Waals surface area contributed by atoms with Crippen LogP contribution in [-0.2, 0) is 0 Å². The van der Waals surface area contributed by atoms with Gasteiger partial charge >= 0.3 is 0 Å². The monoisotopic (exact) mass is 156 g/mol. The van der Waals surface area contributed by atoms with Gasteiger partial charge in [0.2, 0.25) is 0 Å². The SMILES string of the molecule is CC(C)(C)NCCCN=[N+]=[N-]. The summed E-state index contributed by atoms with van der Waals surface area (Å²) in [6.45, 7) is 7.82.